The average Bonchev–Trinajstić information content (AvgIpc) is 2.66. The van der Waals surface area contributed by atoms with Crippen LogP contribution < -0.4 is 10.2 Å². The highest BCUT2D eigenvalue weighted by Gasteiger charge is 2.26. The standard InChI is InChI=1S/C10H16N4O/c1-2-8(3-1)9-12-10(15-13-9)14-6-4-11-5-7-14/h8,11H,1-7H2. The van der Waals surface area contributed by atoms with E-state index in [4.69, 9.17) is 4.52 Å². The molecule has 1 saturated carbocycles. The monoisotopic (exact) mass is 208 g/mol. The molecule has 82 valence electrons. The van der Waals surface area contributed by atoms with Crippen LogP contribution in [-0.4, -0.2) is 36.3 Å². The molecule has 5 heteroatoms. The Hall–Kier alpha value is -1.10. The van der Waals surface area contributed by atoms with Crippen LogP contribution in [0.1, 0.15) is 31.0 Å². The van der Waals surface area contributed by atoms with Crippen LogP contribution in [-0.2, 0) is 0 Å². The van der Waals surface area contributed by atoms with Gasteiger partial charge in [0, 0.05) is 32.1 Å². The molecule has 3 rings (SSSR count). The summed E-state index contributed by atoms with van der Waals surface area (Å²) in [4.78, 5) is 6.63. The highest BCUT2D eigenvalue weighted by molar-refractivity contribution is 5.26. The summed E-state index contributed by atoms with van der Waals surface area (Å²) in [6, 6.07) is 0.707. The molecular weight excluding hydrogens is 192 g/mol. The first-order valence-electron chi connectivity index (χ1n) is 5.73. The number of nitrogens with zero attached hydrogens (tertiary/aromatic N) is 3. The van der Waals surface area contributed by atoms with Crippen molar-refractivity contribution in [1.29, 1.82) is 0 Å². The molecule has 0 bridgehead atoms. The van der Waals surface area contributed by atoms with Crippen molar-refractivity contribution in [1.82, 2.24) is 15.5 Å². The number of hydrogen-bond acceptors (Lipinski definition) is 5. The van der Waals surface area contributed by atoms with E-state index in [1.165, 1.54) is 19.3 Å². The van der Waals surface area contributed by atoms with Crippen molar-refractivity contribution >= 4 is 6.01 Å². The minimum atomic E-state index is 0.561. The lowest BCUT2D eigenvalue weighted by Crippen LogP contribution is -2.43. The maximum Gasteiger partial charge on any atom is 0.324 e. The van der Waals surface area contributed by atoms with Gasteiger partial charge < -0.3 is 14.7 Å². The van der Waals surface area contributed by atoms with Gasteiger partial charge in [-0.15, -0.1) is 0 Å². The molecule has 0 amide bonds. The van der Waals surface area contributed by atoms with Gasteiger partial charge in [-0.25, -0.2) is 0 Å². The molecule has 1 aromatic heterocycles. The molecule has 0 radical (unpaired) electrons. The normalized spacial score (nSPS) is 22.8. The molecule has 0 atom stereocenters. The number of nitrogens with one attached hydrogen (secondary N) is 1. The molecule has 1 aliphatic heterocycles. The summed E-state index contributed by atoms with van der Waals surface area (Å²) in [5.41, 5.74) is 0. The van der Waals surface area contributed by atoms with Crippen LogP contribution in [0.25, 0.3) is 0 Å². The predicted octanol–water partition coefficient (Wildman–Crippen LogP) is 0.747. The van der Waals surface area contributed by atoms with Gasteiger partial charge in [0.1, 0.15) is 0 Å². The number of hydrogen-bond donors (Lipinski definition) is 1. The topological polar surface area (TPSA) is 54.2 Å². The SMILES string of the molecule is C1CC(c2noc(N3CCNCC3)n2)C1. The summed E-state index contributed by atoms with van der Waals surface area (Å²) in [5.74, 6) is 1.47. The minimum Gasteiger partial charge on any atom is -0.322 e. The molecule has 5 nitrogen and oxygen atoms in total. The van der Waals surface area contributed by atoms with Crippen molar-refractivity contribution in [2.75, 3.05) is 31.1 Å². The zero-order chi connectivity index (χ0) is 10.1. The second kappa shape index (κ2) is 3.81. The summed E-state index contributed by atoms with van der Waals surface area (Å²) in [6.45, 7) is 3.93. The van der Waals surface area contributed by atoms with E-state index in [0.717, 1.165) is 32.0 Å². The van der Waals surface area contributed by atoms with Crippen molar-refractivity contribution in [3.63, 3.8) is 0 Å². The Morgan fingerprint density at radius 1 is 1.27 bits per heavy atom. The van der Waals surface area contributed by atoms with Crippen molar-refractivity contribution < 1.29 is 4.52 Å². The minimum absolute atomic E-state index is 0.561. The molecule has 15 heavy (non-hydrogen) atoms. The van der Waals surface area contributed by atoms with E-state index >= 15 is 0 Å². The fourth-order valence-corrected chi connectivity index (χ4v) is 2.04. The summed E-state index contributed by atoms with van der Waals surface area (Å²) in [5, 5.41) is 7.37. The predicted molar refractivity (Wildman–Crippen MR) is 56.0 cm³/mol. The van der Waals surface area contributed by atoms with E-state index in [0.29, 0.717) is 11.9 Å². The molecule has 1 aliphatic carbocycles. The molecule has 0 spiro atoms. The van der Waals surface area contributed by atoms with E-state index in [9.17, 15) is 0 Å². The molecule has 0 aromatic carbocycles. The first-order chi connectivity index (χ1) is 7.43. The highest BCUT2D eigenvalue weighted by Crippen LogP contribution is 2.35. The number of piperazine rings is 1. The Bertz CT molecular complexity index is 328. The van der Waals surface area contributed by atoms with Gasteiger partial charge in [-0.1, -0.05) is 11.6 Å². The average molecular weight is 208 g/mol. The molecule has 2 aliphatic rings. The van der Waals surface area contributed by atoms with Gasteiger partial charge in [-0.2, -0.15) is 4.98 Å². The van der Waals surface area contributed by atoms with Gasteiger partial charge in [0.2, 0.25) is 0 Å². The van der Waals surface area contributed by atoms with Crippen LogP contribution in [0.4, 0.5) is 6.01 Å². The fraction of sp³-hybridized carbons (Fsp3) is 0.800. The Labute approximate surface area is 88.8 Å². The Kier molecular flexibility index (Phi) is 2.32. The molecule has 0 unspecified atom stereocenters. The van der Waals surface area contributed by atoms with Crippen molar-refractivity contribution in [3.8, 4) is 0 Å². The van der Waals surface area contributed by atoms with Crippen molar-refractivity contribution in [2.24, 2.45) is 0 Å². The first-order valence-corrected chi connectivity index (χ1v) is 5.73. The van der Waals surface area contributed by atoms with E-state index in [1.54, 1.807) is 0 Å². The number of aromatic nitrogens is 2. The van der Waals surface area contributed by atoms with Crippen LogP contribution >= 0.6 is 0 Å². The Balaban J connectivity index is 1.71. The largest absolute Gasteiger partial charge is 0.324 e. The molecule has 1 aromatic rings. The van der Waals surface area contributed by atoms with Gasteiger partial charge in [-0.05, 0) is 12.8 Å². The first kappa shape index (κ1) is 9.15. The van der Waals surface area contributed by atoms with Crippen LogP contribution in [0.3, 0.4) is 0 Å². The van der Waals surface area contributed by atoms with Crippen molar-refractivity contribution in [2.45, 2.75) is 25.2 Å². The van der Waals surface area contributed by atoms with Gasteiger partial charge in [0.15, 0.2) is 5.82 Å². The van der Waals surface area contributed by atoms with Gasteiger partial charge >= 0.3 is 6.01 Å². The summed E-state index contributed by atoms with van der Waals surface area (Å²) >= 11 is 0. The fourth-order valence-electron chi connectivity index (χ4n) is 2.04. The number of rotatable bonds is 2. The van der Waals surface area contributed by atoms with Gasteiger partial charge in [-0.3, -0.25) is 0 Å². The Morgan fingerprint density at radius 2 is 2.07 bits per heavy atom. The maximum atomic E-state index is 5.30. The van der Waals surface area contributed by atoms with E-state index < -0.39 is 0 Å². The van der Waals surface area contributed by atoms with Gasteiger partial charge in [0.05, 0.1) is 0 Å². The second-order valence-electron chi connectivity index (χ2n) is 4.30. The Morgan fingerprint density at radius 3 is 2.73 bits per heavy atom. The van der Waals surface area contributed by atoms with Crippen LogP contribution in [0, 0.1) is 0 Å². The number of anilines is 1. The third-order valence-corrected chi connectivity index (χ3v) is 3.29. The van der Waals surface area contributed by atoms with Crippen LogP contribution in [0.2, 0.25) is 0 Å². The molecule has 1 N–H and O–H groups in total. The van der Waals surface area contributed by atoms with Crippen LogP contribution in [0.15, 0.2) is 4.52 Å². The highest BCUT2D eigenvalue weighted by atomic mass is 16.5. The summed E-state index contributed by atoms with van der Waals surface area (Å²) < 4.78 is 5.30. The summed E-state index contributed by atoms with van der Waals surface area (Å²) in [6.07, 6.45) is 3.75. The second-order valence-corrected chi connectivity index (χ2v) is 4.30. The van der Waals surface area contributed by atoms with E-state index in [-0.39, 0.29) is 0 Å². The lowest BCUT2D eigenvalue weighted by atomic mass is 9.85. The van der Waals surface area contributed by atoms with E-state index in [1.807, 2.05) is 0 Å². The molecule has 2 fully saturated rings. The smallest absolute Gasteiger partial charge is 0.322 e. The van der Waals surface area contributed by atoms with Crippen LogP contribution in [0.5, 0.6) is 0 Å². The summed E-state index contributed by atoms with van der Waals surface area (Å²) in [7, 11) is 0. The third kappa shape index (κ3) is 1.71. The molecule has 1 saturated heterocycles. The zero-order valence-electron chi connectivity index (χ0n) is 8.78. The molecular formula is C10H16N4O. The van der Waals surface area contributed by atoms with E-state index in [2.05, 4.69) is 20.4 Å². The van der Waals surface area contributed by atoms with Gasteiger partial charge in [0.25, 0.3) is 0 Å². The lowest BCUT2D eigenvalue weighted by molar-refractivity contribution is 0.360. The molecule has 2 heterocycles. The maximum absolute atomic E-state index is 5.30. The lowest BCUT2D eigenvalue weighted by Gasteiger charge is -2.25. The zero-order valence-corrected chi connectivity index (χ0v) is 8.78. The quantitative estimate of drug-likeness (QED) is 0.777. The van der Waals surface area contributed by atoms with Crippen molar-refractivity contribution in [3.05, 3.63) is 5.82 Å². The third-order valence-electron chi connectivity index (χ3n) is 3.29.